The number of rotatable bonds is 4. The number of aromatic carboxylic acids is 1. The number of hydrogen-bond acceptors (Lipinski definition) is 4. The first-order chi connectivity index (χ1) is 13.6. The van der Waals surface area contributed by atoms with Crippen LogP contribution >= 0.6 is 0 Å². The summed E-state index contributed by atoms with van der Waals surface area (Å²) in [5.41, 5.74) is 1.49. The molecule has 0 aliphatic heterocycles. The first kappa shape index (κ1) is 16.3. The van der Waals surface area contributed by atoms with Gasteiger partial charge in [-0.15, -0.1) is 0 Å². The van der Waals surface area contributed by atoms with Crippen LogP contribution in [0.1, 0.15) is 10.4 Å². The van der Waals surface area contributed by atoms with Gasteiger partial charge in [0.25, 0.3) is 5.56 Å². The van der Waals surface area contributed by atoms with Crippen LogP contribution in [0.15, 0.2) is 66.0 Å². The molecule has 2 heterocycles. The molecule has 0 saturated carbocycles. The SMILES string of the molecule is C=CCOc1ccc2c3c1cccc3c(=O)n1c3ccc(C(=O)O)cc3nc21. The number of aromatic nitrogens is 2. The van der Waals surface area contributed by atoms with Crippen molar-refractivity contribution < 1.29 is 14.6 Å². The Balaban J connectivity index is 1.96. The Morgan fingerprint density at radius 1 is 1.14 bits per heavy atom. The molecule has 3 aromatic carbocycles. The van der Waals surface area contributed by atoms with Gasteiger partial charge in [-0.25, -0.2) is 9.78 Å². The van der Waals surface area contributed by atoms with Crippen LogP contribution in [0.2, 0.25) is 0 Å². The standard InChI is InChI=1S/C22H14N2O4/c1-2-10-28-18-9-7-14-19-13(18)4-3-5-15(19)21(25)24-17-8-6-12(22(26)27)11-16(17)23-20(14)24/h2-9,11H,1,10H2,(H,26,27). The summed E-state index contributed by atoms with van der Waals surface area (Å²) >= 11 is 0. The maximum atomic E-state index is 13.3. The lowest BCUT2D eigenvalue weighted by molar-refractivity contribution is 0.0697. The van der Waals surface area contributed by atoms with Gasteiger partial charge in [-0.3, -0.25) is 9.20 Å². The third-order valence-corrected chi connectivity index (χ3v) is 4.93. The Morgan fingerprint density at radius 2 is 1.96 bits per heavy atom. The molecule has 0 atom stereocenters. The molecule has 0 spiro atoms. The monoisotopic (exact) mass is 370 g/mol. The Hall–Kier alpha value is -3.93. The van der Waals surface area contributed by atoms with E-state index in [1.807, 2.05) is 24.3 Å². The number of carbonyl (C=O) groups is 1. The molecule has 0 aliphatic rings. The molecular weight excluding hydrogens is 356 g/mol. The van der Waals surface area contributed by atoms with Crippen LogP contribution in [0, 0.1) is 0 Å². The topological polar surface area (TPSA) is 80.9 Å². The van der Waals surface area contributed by atoms with E-state index in [4.69, 9.17) is 4.74 Å². The molecule has 0 aliphatic carbocycles. The fourth-order valence-electron chi connectivity index (χ4n) is 3.74. The minimum atomic E-state index is -1.03. The number of ether oxygens (including phenoxy) is 1. The van der Waals surface area contributed by atoms with Gasteiger partial charge in [0.15, 0.2) is 0 Å². The Morgan fingerprint density at radius 3 is 2.75 bits per heavy atom. The first-order valence-electron chi connectivity index (χ1n) is 8.70. The smallest absolute Gasteiger partial charge is 0.335 e. The second-order valence-electron chi connectivity index (χ2n) is 6.52. The molecule has 0 fully saturated rings. The van der Waals surface area contributed by atoms with Crippen molar-refractivity contribution in [1.29, 1.82) is 0 Å². The largest absolute Gasteiger partial charge is 0.489 e. The van der Waals surface area contributed by atoms with E-state index in [0.29, 0.717) is 34.4 Å². The zero-order chi connectivity index (χ0) is 19.4. The molecule has 136 valence electrons. The van der Waals surface area contributed by atoms with Crippen molar-refractivity contribution in [3.05, 3.63) is 77.1 Å². The van der Waals surface area contributed by atoms with Gasteiger partial charge in [0.05, 0.1) is 16.6 Å². The summed E-state index contributed by atoms with van der Waals surface area (Å²) < 4.78 is 7.29. The lowest BCUT2D eigenvalue weighted by Crippen LogP contribution is -2.13. The predicted molar refractivity (Wildman–Crippen MR) is 108 cm³/mol. The van der Waals surface area contributed by atoms with Crippen LogP contribution in [-0.4, -0.2) is 27.1 Å². The molecule has 6 nitrogen and oxygen atoms in total. The predicted octanol–water partition coefficient (Wildman–Crippen LogP) is 3.85. The molecule has 5 rings (SSSR count). The highest BCUT2D eigenvalue weighted by Crippen LogP contribution is 2.35. The maximum Gasteiger partial charge on any atom is 0.335 e. The van der Waals surface area contributed by atoms with Gasteiger partial charge in [0.2, 0.25) is 0 Å². The highest BCUT2D eigenvalue weighted by atomic mass is 16.5. The van der Waals surface area contributed by atoms with Gasteiger partial charge in [-0.2, -0.15) is 0 Å². The molecule has 0 saturated heterocycles. The highest BCUT2D eigenvalue weighted by molar-refractivity contribution is 6.17. The van der Waals surface area contributed by atoms with Gasteiger partial charge in [-0.1, -0.05) is 24.8 Å². The molecular formula is C22H14N2O4. The van der Waals surface area contributed by atoms with Crippen molar-refractivity contribution in [3.8, 4) is 5.75 Å². The van der Waals surface area contributed by atoms with Gasteiger partial charge < -0.3 is 9.84 Å². The number of nitrogens with zero attached hydrogens (tertiary/aromatic N) is 2. The molecule has 2 aromatic heterocycles. The molecule has 0 amide bonds. The minimum absolute atomic E-state index is 0.131. The summed E-state index contributed by atoms with van der Waals surface area (Å²) in [6.45, 7) is 4.03. The average molecular weight is 370 g/mol. The van der Waals surface area contributed by atoms with Crippen LogP contribution < -0.4 is 10.3 Å². The van der Waals surface area contributed by atoms with Crippen LogP contribution in [0.4, 0.5) is 0 Å². The van der Waals surface area contributed by atoms with Gasteiger partial charge in [-0.05, 0) is 36.4 Å². The maximum absolute atomic E-state index is 13.3. The van der Waals surface area contributed by atoms with E-state index in [2.05, 4.69) is 11.6 Å². The summed E-state index contributed by atoms with van der Waals surface area (Å²) in [5, 5.41) is 12.2. The van der Waals surface area contributed by atoms with Gasteiger partial charge >= 0.3 is 5.97 Å². The lowest BCUT2D eigenvalue weighted by Gasteiger charge is -2.11. The van der Waals surface area contributed by atoms with E-state index in [0.717, 1.165) is 16.2 Å². The molecule has 28 heavy (non-hydrogen) atoms. The second-order valence-corrected chi connectivity index (χ2v) is 6.52. The summed E-state index contributed by atoms with van der Waals surface area (Å²) in [5.74, 6) is -0.361. The molecule has 6 heteroatoms. The second kappa shape index (κ2) is 5.79. The van der Waals surface area contributed by atoms with Crippen LogP contribution in [0.5, 0.6) is 5.75 Å². The summed E-state index contributed by atoms with van der Waals surface area (Å²) in [7, 11) is 0. The third kappa shape index (κ3) is 2.11. The summed E-state index contributed by atoms with van der Waals surface area (Å²) in [4.78, 5) is 29.1. The summed E-state index contributed by atoms with van der Waals surface area (Å²) in [6.07, 6.45) is 1.67. The Kier molecular flexibility index (Phi) is 3.36. The number of pyridine rings is 1. The third-order valence-electron chi connectivity index (χ3n) is 4.93. The zero-order valence-corrected chi connectivity index (χ0v) is 14.7. The van der Waals surface area contributed by atoms with E-state index in [-0.39, 0.29) is 11.1 Å². The average Bonchev–Trinajstić information content (AvgIpc) is 3.09. The molecule has 0 unspecified atom stereocenters. The van der Waals surface area contributed by atoms with Crippen LogP contribution in [0.25, 0.3) is 38.2 Å². The molecule has 0 radical (unpaired) electrons. The van der Waals surface area contributed by atoms with E-state index >= 15 is 0 Å². The highest BCUT2D eigenvalue weighted by Gasteiger charge is 2.18. The number of hydrogen-bond donors (Lipinski definition) is 1. The molecule has 0 bridgehead atoms. The van der Waals surface area contributed by atoms with E-state index in [1.165, 1.54) is 12.1 Å². The van der Waals surface area contributed by atoms with Gasteiger partial charge in [0, 0.05) is 21.5 Å². The normalized spacial score (nSPS) is 11.6. The lowest BCUT2D eigenvalue weighted by atomic mass is 10.0. The van der Waals surface area contributed by atoms with Crippen molar-refractivity contribution >= 4 is 44.2 Å². The number of fused-ring (bicyclic) bond motifs is 4. The quantitative estimate of drug-likeness (QED) is 0.486. The van der Waals surface area contributed by atoms with Crippen molar-refractivity contribution in [3.63, 3.8) is 0 Å². The summed E-state index contributed by atoms with van der Waals surface area (Å²) in [6, 6.07) is 13.8. The van der Waals surface area contributed by atoms with E-state index < -0.39 is 5.97 Å². The van der Waals surface area contributed by atoms with Crippen molar-refractivity contribution in [2.45, 2.75) is 0 Å². The number of carboxylic acids is 1. The van der Waals surface area contributed by atoms with Crippen molar-refractivity contribution in [2.75, 3.05) is 6.61 Å². The fraction of sp³-hybridized carbons (Fsp3) is 0.0455. The van der Waals surface area contributed by atoms with E-state index in [9.17, 15) is 14.7 Å². The fourth-order valence-corrected chi connectivity index (χ4v) is 3.74. The van der Waals surface area contributed by atoms with Crippen LogP contribution in [0.3, 0.4) is 0 Å². The van der Waals surface area contributed by atoms with Crippen molar-refractivity contribution in [2.24, 2.45) is 0 Å². The molecule has 1 N–H and O–H groups in total. The number of benzene rings is 3. The number of carboxylic acid groups (broad SMARTS) is 1. The van der Waals surface area contributed by atoms with E-state index in [1.54, 1.807) is 22.6 Å². The number of imidazole rings is 1. The van der Waals surface area contributed by atoms with Crippen LogP contribution in [-0.2, 0) is 0 Å². The Bertz CT molecular complexity index is 1480. The van der Waals surface area contributed by atoms with Crippen molar-refractivity contribution in [1.82, 2.24) is 9.38 Å². The Labute approximate surface area is 158 Å². The molecule has 5 aromatic rings. The first-order valence-corrected chi connectivity index (χ1v) is 8.70. The van der Waals surface area contributed by atoms with Gasteiger partial charge in [0.1, 0.15) is 18.0 Å². The zero-order valence-electron chi connectivity index (χ0n) is 14.7. The minimum Gasteiger partial charge on any atom is -0.489 e.